The lowest BCUT2D eigenvalue weighted by molar-refractivity contribution is -0.155. The molecular formula is C19H25N3O4. The summed E-state index contributed by atoms with van der Waals surface area (Å²) < 4.78 is 11.0. The summed E-state index contributed by atoms with van der Waals surface area (Å²) in [7, 11) is 0. The molecule has 6 rings (SSSR count). The lowest BCUT2D eigenvalue weighted by atomic mass is 9.63. The molecule has 0 aromatic carbocycles. The van der Waals surface area contributed by atoms with Crippen LogP contribution in [0.3, 0.4) is 0 Å². The van der Waals surface area contributed by atoms with Crippen molar-refractivity contribution in [3.8, 4) is 0 Å². The number of aromatic nitrogens is 1. The van der Waals surface area contributed by atoms with Gasteiger partial charge in [-0.3, -0.25) is 9.59 Å². The topological polar surface area (TPSA) is 84.7 Å². The number of amides is 2. The molecule has 2 aliphatic carbocycles. The van der Waals surface area contributed by atoms with Gasteiger partial charge in [-0.15, -0.1) is 0 Å². The van der Waals surface area contributed by atoms with E-state index in [0.29, 0.717) is 25.6 Å². The van der Waals surface area contributed by atoms with E-state index in [4.69, 9.17) is 9.26 Å². The van der Waals surface area contributed by atoms with E-state index in [-0.39, 0.29) is 23.0 Å². The molecule has 1 N–H and O–H groups in total. The molecule has 3 aliphatic heterocycles. The van der Waals surface area contributed by atoms with E-state index in [1.807, 2.05) is 11.8 Å². The number of rotatable bonds is 4. The number of hydrogen-bond acceptors (Lipinski definition) is 5. The van der Waals surface area contributed by atoms with Gasteiger partial charge in [0.2, 0.25) is 5.76 Å². The second-order valence-electron chi connectivity index (χ2n) is 9.33. The highest BCUT2D eigenvalue weighted by Gasteiger charge is 2.65. The molecule has 26 heavy (non-hydrogen) atoms. The predicted octanol–water partition coefficient (Wildman–Crippen LogP) is 1.84. The van der Waals surface area contributed by atoms with Crippen LogP contribution >= 0.6 is 0 Å². The summed E-state index contributed by atoms with van der Waals surface area (Å²) in [6.45, 7) is 5.97. The highest BCUT2D eigenvalue weighted by Crippen LogP contribution is 2.58. The maximum Gasteiger partial charge on any atom is 0.290 e. The van der Waals surface area contributed by atoms with E-state index < -0.39 is 11.1 Å². The molecule has 4 heterocycles. The molecule has 7 heteroatoms. The van der Waals surface area contributed by atoms with Crippen molar-refractivity contribution in [2.24, 2.45) is 5.41 Å². The quantitative estimate of drug-likeness (QED) is 0.887. The summed E-state index contributed by atoms with van der Waals surface area (Å²) >= 11 is 0. The van der Waals surface area contributed by atoms with Crippen LogP contribution in [0.25, 0.3) is 0 Å². The maximum atomic E-state index is 12.9. The Bertz CT molecular complexity index is 778. The van der Waals surface area contributed by atoms with Crippen LogP contribution < -0.4 is 5.32 Å². The van der Waals surface area contributed by atoms with Gasteiger partial charge >= 0.3 is 0 Å². The van der Waals surface area contributed by atoms with E-state index in [1.165, 1.54) is 0 Å². The molecule has 5 fully saturated rings. The molecule has 5 aliphatic rings. The largest absolute Gasteiger partial charge is 0.365 e. The summed E-state index contributed by atoms with van der Waals surface area (Å²) in [5.41, 5.74) is -0.0113. The van der Waals surface area contributed by atoms with Crippen molar-refractivity contribution in [2.45, 2.75) is 63.0 Å². The third-order valence-electron chi connectivity index (χ3n) is 6.44. The van der Waals surface area contributed by atoms with Crippen LogP contribution in [0.4, 0.5) is 0 Å². The van der Waals surface area contributed by atoms with Gasteiger partial charge in [-0.2, -0.15) is 0 Å². The van der Waals surface area contributed by atoms with Crippen molar-refractivity contribution in [1.29, 1.82) is 0 Å². The first kappa shape index (κ1) is 16.3. The molecule has 7 nitrogen and oxygen atoms in total. The number of fused-ring (bicyclic) bond motifs is 1. The van der Waals surface area contributed by atoms with Crippen LogP contribution in [0.2, 0.25) is 0 Å². The van der Waals surface area contributed by atoms with Gasteiger partial charge in [0, 0.05) is 25.1 Å². The smallest absolute Gasteiger partial charge is 0.290 e. The van der Waals surface area contributed by atoms with Crippen LogP contribution in [-0.2, 0) is 9.53 Å². The summed E-state index contributed by atoms with van der Waals surface area (Å²) in [5.74, 6) is 0.536. The molecule has 1 unspecified atom stereocenters. The van der Waals surface area contributed by atoms with Crippen molar-refractivity contribution in [3.63, 3.8) is 0 Å². The molecule has 1 atom stereocenters. The first-order valence-electron chi connectivity index (χ1n) is 9.52. The second-order valence-corrected chi connectivity index (χ2v) is 9.33. The minimum absolute atomic E-state index is 0.0844. The minimum Gasteiger partial charge on any atom is -0.365 e. The van der Waals surface area contributed by atoms with Gasteiger partial charge in [-0.25, -0.2) is 0 Å². The predicted molar refractivity (Wildman–Crippen MR) is 91.6 cm³/mol. The average Bonchev–Trinajstić information content (AvgIpc) is 2.94. The highest BCUT2D eigenvalue weighted by atomic mass is 16.5. The van der Waals surface area contributed by atoms with Gasteiger partial charge in [-0.1, -0.05) is 12.1 Å². The Balaban J connectivity index is 1.22. The lowest BCUT2D eigenvalue weighted by Crippen LogP contribution is -2.56. The number of ether oxygens (including phenoxy) is 1. The molecular weight excluding hydrogens is 334 g/mol. The lowest BCUT2D eigenvalue weighted by Gasteiger charge is -2.43. The van der Waals surface area contributed by atoms with Crippen LogP contribution in [0.1, 0.15) is 68.1 Å². The highest BCUT2D eigenvalue weighted by molar-refractivity contribution is 5.92. The Kier molecular flexibility index (Phi) is 3.19. The zero-order valence-corrected chi connectivity index (χ0v) is 15.3. The van der Waals surface area contributed by atoms with Gasteiger partial charge in [-0.05, 0) is 44.4 Å². The Morgan fingerprint density at radius 1 is 1.31 bits per heavy atom. The second kappa shape index (κ2) is 5.09. The van der Waals surface area contributed by atoms with Crippen LogP contribution in [0, 0.1) is 5.41 Å². The Labute approximate surface area is 152 Å². The first-order valence-corrected chi connectivity index (χ1v) is 9.52. The fraction of sp³-hybridized carbons (Fsp3) is 0.737. The van der Waals surface area contributed by atoms with E-state index in [9.17, 15) is 9.59 Å². The fourth-order valence-corrected chi connectivity index (χ4v) is 4.88. The van der Waals surface area contributed by atoms with Crippen molar-refractivity contribution < 1.29 is 18.8 Å². The average molecular weight is 359 g/mol. The van der Waals surface area contributed by atoms with Gasteiger partial charge < -0.3 is 19.5 Å². The number of hydrogen-bond donors (Lipinski definition) is 1. The normalized spacial score (nSPS) is 38.3. The molecule has 0 spiro atoms. The van der Waals surface area contributed by atoms with E-state index >= 15 is 0 Å². The maximum absolute atomic E-state index is 12.9. The van der Waals surface area contributed by atoms with Gasteiger partial charge in [0.15, 0.2) is 0 Å². The number of nitrogens with zero attached hydrogens (tertiary/aromatic N) is 2. The molecule has 2 bridgehead atoms. The molecule has 0 radical (unpaired) electrons. The number of carbonyl (C=O) groups excluding carboxylic acids is 2. The molecule has 1 aromatic heterocycles. The number of carbonyl (C=O) groups is 2. The molecule has 3 saturated heterocycles. The minimum atomic E-state index is -0.603. The summed E-state index contributed by atoms with van der Waals surface area (Å²) in [6, 6.07) is 1.74. The monoisotopic (exact) mass is 359 g/mol. The third-order valence-corrected chi connectivity index (χ3v) is 6.44. The Morgan fingerprint density at radius 3 is 2.73 bits per heavy atom. The molecule has 1 aromatic rings. The third kappa shape index (κ3) is 2.47. The van der Waals surface area contributed by atoms with Crippen molar-refractivity contribution >= 4 is 11.8 Å². The standard InChI is InChI=1S/C19H25N3O4/c1-17-8-19(9-17,25-11-17)16(24)22-6-5-18(2,10-22)20-15(23)14-7-13(21-26-14)12-3-4-12/h7,12H,3-6,8-11H2,1-2H3,(H,20,23). The van der Waals surface area contributed by atoms with E-state index in [0.717, 1.165) is 37.8 Å². The van der Waals surface area contributed by atoms with Crippen LogP contribution in [-0.4, -0.2) is 52.7 Å². The zero-order valence-electron chi connectivity index (χ0n) is 15.3. The fourth-order valence-electron chi connectivity index (χ4n) is 4.88. The van der Waals surface area contributed by atoms with Crippen molar-refractivity contribution in [2.75, 3.05) is 19.7 Å². The Hall–Kier alpha value is -1.89. The van der Waals surface area contributed by atoms with Crippen molar-refractivity contribution in [3.05, 3.63) is 17.5 Å². The van der Waals surface area contributed by atoms with Gasteiger partial charge in [0.05, 0.1) is 17.8 Å². The zero-order chi connectivity index (χ0) is 18.2. The van der Waals surface area contributed by atoms with Crippen LogP contribution in [0.15, 0.2) is 10.6 Å². The van der Waals surface area contributed by atoms with E-state index in [2.05, 4.69) is 17.4 Å². The van der Waals surface area contributed by atoms with Gasteiger partial charge in [0.1, 0.15) is 5.60 Å². The summed E-state index contributed by atoms with van der Waals surface area (Å²) in [5, 5.41) is 7.04. The summed E-state index contributed by atoms with van der Waals surface area (Å²) in [4.78, 5) is 27.3. The number of nitrogens with one attached hydrogen (secondary N) is 1. The summed E-state index contributed by atoms with van der Waals surface area (Å²) in [6.07, 6.45) is 4.60. The number of likely N-dealkylation sites (tertiary alicyclic amines) is 1. The first-order chi connectivity index (χ1) is 12.3. The molecule has 140 valence electrons. The molecule has 2 saturated carbocycles. The van der Waals surface area contributed by atoms with Crippen LogP contribution in [0.5, 0.6) is 0 Å². The SMILES string of the molecule is CC12COC(C(=O)N3CCC(C)(NC(=O)c4cc(C5CC5)no4)C3)(C1)C2. The Morgan fingerprint density at radius 2 is 2.08 bits per heavy atom. The van der Waals surface area contributed by atoms with E-state index in [1.54, 1.807) is 6.07 Å². The molecule has 2 amide bonds. The van der Waals surface area contributed by atoms with Crippen molar-refractivity contribution in [1.82, 2.24) is 15.4 Å². The van der Waals surface area contributed by atoms with Gasteiger partial charge in [0.25, 0.3) is 11.8 Å².